The van der Waals surface area contributed by atoms with Crippen LogP contribution in [0.15, 0.2) is 0 Å². The molecule has 19 heavy (non-hydrogen) atoms. The van der Waals surface area contributed by atoms with Gasteiger partial charge in [0, 0.05) is 11.3 Å². The summed E-state index contributed by atoms with van der Waals surface area (Å²) in [5.74, 6) is -0.200. The van der Waals surface area contributed by atoms with E-state index in [9.17, 15) is 4.79 Å². The first-order chi connectivity index (χ1) is 9.03. The molecule has 0 unspecified atom stereocenters. The number of hydrogen-bond acceptors (Lipinski definition) is 4. The number of rotatable bonds is 7. The highest BCUT2D eigenvalue weighted by atomic mass is 32.2. The Morgan fingerprint density at radius 3 is 2.47 bits per heavy atom. The fraction of sp³-hybridized carbons (Fsp3) is 0.692. The van der Waals surface area contributed by atoms with E-state index >= 15 is 0 Å². The molecule has 0 aliphatic rings. The molecule has 0 bridgehead atoms. The van der Waals surface area contributed by atoms with E-state index in [1.807, 2.05) is 6.92 Å². The first-order valence-corrected chi connectivity index (χ1v) is 7.92. The number of amides is 1. The molecule has 1 amide bonds. The largest absolute Gasteiger partial charge is 0.395 e. The Morgan fingerprint density at radius 2 is 2.05 bits per heavy atom. The molecule has 0 aliphatic carbocycles. The Balaban J connectivity index is 2.72. The number of anilines is 1. The molecule has 0 atom stereocenters. The molecule has 1 aromatic rings. The number of aryl methyl sites for hydroxylation is 1. The van der Waals surface area contributed by atoms with Crippen molar-refractivity contribution in [3.8, 4) is 0 Å². The standard InChI is InChI=1S/C13H24N4OS/c1-5-9-10(14)11(17-16-9)12(18)15-8-13(6-2,7-3)19-4/h5-8,14H2,1-4H3,(H,15,18)(H,16,17). The maximum Gasteiger partial charge on any atom is 0.273 e. The third-order valence-corrected chi connectivity index (χ3v) is 5.33. The molecule has 0 radical (unpaired) electrons. The van der Waals surface area contributed by atoms with Crippen LogP contribution in [0.4, 0.5) is 5.69 Å². The normalized spacial score (nSPS) is 11.6. The lowest BCUT2D eigenvalue weighted by atomic mass is 10.0. The van der Waals surface area contributed by atoms with Gasteiger partial charge in [0.1, 0.15) is 0 Å². The number of nitrogen functional groups attached to an aromatic ring is 1. The van der Waals surface area contributed by atoms with Crippen molar-refractivity contribution in [2.75, 3.05) is 18.5 Å². The first kappa shape index (κ1) is 15.9. The van der Waals surface area contributed by atoms with Crippen LogP contribution in [0.3, 0.4) is 0 Å². The van der Waals surface area contributed by atoms with Crippen molar-refractivity contribution in [2.24, 2.45) is 0 Å². The van der Waals surface area contributed by atoms with Crippen molar-refractivity contribution in [1.82, 2.24) is 15.5 Å². The second-order valence-electron chi connectivity index (χ2n) is 4.59. The van der Waals surface area contributed by atoms with E-state index < -0.39 is 0 Å². The summed E-state index contributed by atoms with van der Waals surface area (Å²) in [6.45, 7) is 6.89. The van der Waals surface area contributed by atoms with Crippen LogP contribution in [0.25, 0.3) is 0 Å². The molecule has 6 heteroatoms. The van der Waals surface area contributed by atoms with E-state index in [2.05, 4.69) is 35.6 Å². The minimum atomic E-state index is -0.200. The van der Waals surface area contributed by atoms with Gasteiger partial charge in [-0.15, -0.1) is 0 Å². The summed E-state index contributed by atoms with van der Waals surface area (Å²) in [4.78, 5) is 12.1. The molecule has 0 aliphatic heterocycles. The fourth-order valence-corrected chi connectivity index (χ4v) is 2.81. The van der Waals surface area contributed by atoms with Crippen LogP contribution in [0, 0.1) is 0 Å². The van der Waals surface area contributed by atoms with E-state index in [1.165, 1.54) is 0 Å². The van der Waals surface area contributed by atoms with E-state index in [1.54, 1.807) is 11.8 Å². The molecule has 0 spiro atoms. The molecule has 0 aromatic carbocycles. The number of nitrogens with two attached hydrogens (primary N) is 1. The highest BCUT2D eigenvalue weighted by Gasteiger charge is 2.26. The van der Waals surface area contributed by atoms with Crippen molar-refractivity contribution in [3.05, 3.63) is 11.4 Å². The SMILES string of the molecule is CCc1[nH]nc(C(=O)NCC(CC)(CC)SC)c1N. The molecule has 108 valence electrons. The number of aromatic amines is 1. The number of hydrogen-bond donors (Lipinski definition) is 3. The van der Waals surface area contributed by atoms with Gasteiger partial charge < -0.3 is 11.1 Å². The van der Waals surface area contributed by atoms with Gasteiger partial charge in [0.05, 0.1) is 11.4 Å². The molecule has 1 rings (SSSR count). The molecule has 1 aromatic heterocycles. The van der Waals surface area contributed by atoms with Crippen LogP contribution in [-0.2, 0) is 6.42 Å². The first-order valence-electron chi connectivity index (χ1n) is 6.69. The van der Waals surface area contributed by atoms with Gasteiger partial charge in [0.2, 0.25) is 0 Å². The monoisotopic (exact) mass is 284 g/mol. The second-order valence-corrected chi connectivity index (χ2v) is 5.87. The summed E-state index contributed by atoms with van der Waals surface area (Å²) in [5.41, 5.74) is 7.47. The van der Waals surface area contributed by atoms with Gasteiger partial charge >= 0.3 is 0 Å². The lowest BCUT2D eigenvalue weighted by Crippen LogP contribution is -2.39. The average Bonchev–Trinajstić information content (AvgIpc) is 2.81. The number of H-pyrrole nitrogens is 1. The maximum absolute atomic E-state index is 12.1. The van der Waals surface area contributed by atoms with Crippen molar-refractivity contribution in [1.29, 1.82) is 0 Å². The summed E-state index contributed by atoms with van der Waals surface area (Å²) in [5, 5.41) is 9.75. The van der Waals surface area contributed by atoms with E-state index in [-0.39, 0.29) is 10.7 Å². The van der Waals surface area contributed by atoms with Gasteiger partial charge in [0.15, 0.2) is 5.69 Å². The van der Waals surface area contributed by atoms with Crippen LogP contribution in [-0.4, -0.2) is 33.7 Å². The van der Waals surface area contributed by atoms with E-state index in [0.717, 1.165) is 25.0 Å². The number of carbonyl (C=O) groups excluding carboxylic acids is 1. The average molecular weight is 284 g/mol. The number of nitrogens with zero attached hydrogens (tertiary/aromatic N) is 1. The zero-order valence-corrected chi connectivity index (χ0v) is 13.0. The molecule has 0 fully saturated rings. The van der Waals surface area contributed by atoms with Gasteiger partial charge in [0.25, 0.3) is 5.91 Å². The summed E-state index contributed by atoms with van der Waals surface area (Å²) in [6.07, 6.45) is 4.85. The van der Waals surface area contributed by atoms with Crippen molar-refractivity contribution >= 4 is 23.4 Å². The Bertz CT molecular complexity index is 418. The van der Waals surface area contributed by atoms with Gasteiger partial charge in [-0.2, -0.15) is 16.9 Å². The number of thioether (sulfide) groups is 1. The van der Waals surface area contributed by atoms with Crippen LogP contribution >= 0.6 is 11.8 Å². The van der Waals surface area contributed by atoms with Gasteiger partial charge in [-0.05, 0) is 25.5 Å². The van der Waals surface area contributed by atoms with Crippen molar-refractivity contribution in [3.63, 3.8) is 0 Å². The van der Waals surface area contributed by atoms with Gasteiger partial charge in [-0.25, -0.2) is 0 Å². The predicted molar refractivity (Wildman–Crippen MR) is 81.5 cm³/mol. The number of aromatic nitrogens is 2. The van der Waals surface area contributed by atoms with Crippen molar-refractivity contribution < 1.29 is 4.79 Å². The Hall–Kier alpha value is -1.17. The predicted octanol–water partition coefficient (Wildman–Crippen LogP) is 2.21. The van der Waals surface area contributed by atoms with Crippen molar-refractivity contribution in [2.45, 2.75) is 44.8 Å². The minimum Gasteiger partial charge on any atom is -0.395 e. The van der Waals surface area contributed by atoms with Crippen LogP contribution in [0.2, 0.25) is 0 Å². The molecular weight excluding hydrogens is 260 g/mol. The molecule has 0 saturated carbocycles. The topological polar surface area (TPSA) is 83.8 Å². The minimum absolute atomic E-state index is 0.0916. The number of nitrogens with one attached hydrogen (secondary N) is 2. The van der Waals surface area contributed by atoms with Crippen LogP contribution in [0.1, 0.15) is 49.8 Å². The zero-order chi connectivity index (χ0) is 14.5. The second kappa shape index (κ2) is 6.84. The quantitative estimate of drug-likeness (QED) is 0.716. The molecule has 0 saturated heterocycles. The molecule has 5 nitrogen and oxygen atoms in total. The van der Waals surface area contributed by atoms with E-state index in [4.69, 9.17) is 5.73 Å². The zero-order valence-electron chi connectivity index (χ0n) is 12.2. The lowest BCUT2D eigenvalue weighted by molar-refractivity contribution is 0.0945. The third-order valence-electron chi connectivity index (χ3n) is 3.74. The Kier molecular flexibility index (Phi) is 5.72. The summed E-state index contributed by atoms with van der Waals surface area (Å²) in [6, 6.07) is 0. The Labute approximate surface area is 119 Å². The highest BCUT2D eigenvalue weighted by molar-refractivity contribution is 8.00. The van der Waals surface area contributed by atoms with Crippen LogP contribution < -0.4 is 11.1 Å². The van der Waals surface area contributed by atoms with E-state index in [0.29, 0.717) is 17.9 Å². The molecule has 4 N–H and O–H groups in total. The van der Waals surface area contributed by atoms with Gasteiger partial charge in [-0.3, -0.25) is 9.89 Å². The van der Waals surface area contributed by atoms with Crippen LogP contribution in [0.5, 0.6) is 0 Å². The smallest absolute Gasteiger partial charge is 0.273 e. The Morgan fingerprint density at radius 1 is 1.42 bits per heavy atom. The number of carbonyl (C=O) groups is 1. The molecule has 1 heterocycles. The lowest BCUT2D eigenvalue weighted by Gasteiger charge is -2.29. The summed E-state index contributed by atoms with van der Waals surface area (Å²) < 4.78 is 0.0916. The summed E-state index contributed by atoms with van der Waals surface area (Å²) >= 11 is 1.79. The summed E-state index contributed by atoms with van der Waals surface area (Å²) in [7, 11) is 0. The highest BCUT2D eigenvalue weighted by Crippen LogP contribution is 2.29. The molecular formula is C13H24N4OS. The third kappa shape index (κ3) is 3.43. The maximum atomic E-state index is 12.1. The fourth-order valence-electron chi connectivity index (χ4n) is 2.02. The van der Waals surface area contributed by atoms with Gasteiger partial charge in [-0.1, -0.05) is 20.8 Å².